The van der Waals surface area contributed by atoms with Gasteiger partial charge in [0.2, 0.25) is 15.9 Å². The zero-order valence-electron chi connectivity index (χ0n) is 14.1. The summed E-state index contributed by atoms with van der Waals surface area (Å²) in [4.78, 5) is 14.0. The number of amides is 1. The van der Waals surface area contributed by atoms with Crippen molar-refractivity contribution in [3.05, 3.63) is 24.3 Å². The van der Waals surface area contributed by atoms with Crippen molar-refractivity contribution in [3.63, 3.8) is 0 Å². The molecule has 0 bridgehead atoms. The van der Waals surface area contributed by atoms with Crippen molar-refractivity contribution in [2.24, 2.45) is 0 Å². The Morgan fingerprint density at radius 1 is 1.22 bits per heavy atom. The molecule has 23 heavy (non-hydrogen) atoms. The summed E-state index contributed by atoms with van der Waals surface area (Å²) >= 11 is 0. The fraction of sp³-hybridized carbons (Fsp3) is 0.533. The van der Waals surface area contributed by atoms with Crippen LogP contribution in [0.1, 0.15) is 6.42 Å². The molecule has 0 saturated carbocycles. The Labute approximate surface area is 138 Å². The molecule has 8 heteroatoms. The Morgan fingerprint density at radius 2 is 1.83 bits per heavy atom. The van der Waals surface area contributed by atoms with Gasteiger partial charge >= 0.3 is 0 Å². The van der Waals surface area contributed by atoms with Crippen LogP contribution in [0.4, 0.5) is 5.69 Å². The van der Waals surface area contributed by atoms with E-state index in [9.17, 15) is 13.2 Å². The highest BCUT2D eigenvalue weighted by atomic mass is 32.2. The van der Waals surface area contributed by atoms with Gasteiger partial charge in [0.05, 0.1) is 19.1 Å². The van der Waals surface area contributed by atoms with Crippen LogP contribution in [-0.4, -0.2) is 66.3 Å². The second-order valence-electron chi connectivity index (χ2n) is 5.47. The first-order valence-electron chi connectivity index (χ1n) is 7.27. The average Bonchev–Trinajstić information content (AvgIpc) is 2.48. The lowest BCUT2D eigenvalue weighted by molar-refractivity contribution is -0.119. The predicted molar refractivity (Wildman–Crippen MR) is 91.4 cm³/mol. The van der Waals surface area contributed by atoms with Gasteiger partial charge < -0.3 is 15.0 Å². The molecule has 1 aromatic rings. The number of rotatable bonds is 9. The zero-order valence-corrected chi connectivity index (χ0v) is 14.9. The second kappa shape index (κ2) is 8.73. The van der Waals surface area contributed by atoms with E-state index in [1.54, 1.807) is 24.3 Å². The molecule has 1 aromatic carbocycles. The molecule has 0 heterocycles. The van der Waals surface area contributed by atoms with Gasteiger partial charge in [0.25, 0.3) is 0 Å². The number of ether oxygens (including phenoxy) is 1. The molecule has 1 rings (SSSR count). The van der Waals surface area contributed by atoms with E-state index in [1.807, 2.05) is 19.0 Å². The number of hydrogen-bond donors (Lipinski definition) is 1. The van der Waals surface area contributed by atoms with Crippen LogP contribution in [0.15, 0.2) is 24.3 Å². The molecule has 0 aromatic heterocycles. The van der Waals surface area contributed by atoms with Crippen molar-refractivity contribution >= 4 is 21.6 Å². The first-order chi connectivity index (χ1) is 10.7. The lowest BCUT2D eigenvalue weighted by Crippen LogP contribution is -2.41. The summed E-state index contributed by atoms with van der Waals surface area (Å²) in [5, 5.41) is 2.74. The topological polar surface area (TPSA) is 79.0 Å². The fourth-order valence-electron chi connectivity index (χ4n) is 1.96. The maximum atomic E-state index is 12.0. The Balaban J connectivity index is 2.70. The Morgan fingerprint density at radius 3 is 2.30 bits per heavy atom. The summed E-state index contributed by atoms with van der Waals surface area (Å²) in [7, 11) is 1.89. The van der Waals surface area contributed by atoms with E-state index in [2.05, 4.69) is 5.32 Å². The molecule has 1 amide bonds. The number of nitrogens with zero attached hydrogens (tertiary/aromatic N) is 2. The summed E-state index contributed by atoms with van der Waals surface area (Å²) < 4.78 is 30.0. The van der Waals surface area contributed by atoms with E-state index >= 15 is 0 Å². The molecule has 1 N–H and O–H groups in total. The molecule has 0 aliphatic rings. The van der Waals surface area contributed by atoms with Crippen molar-refractivity contribution in [1.29, 1.82) is 0 Å². The van der Waals surface area contributed by atoms with Crippen molar-refractivity contribution in [2.75, 3.05) is 51.4 Å². The highest BCUT2D eigenvalue weighted by molar-refractivity contribution is 7.92. The smallest absolute Gasteiger partial charge is 0.240 e. The van der Waals surface area contributed by atoms with Crippen LogP contribution in [0.2, 0.25) is 0 Å². The normalized spacial score (nSPS) is 11.3. The van der Waals surface area contributed by atoms with Crippen LogP contribution in [0.3, 0.4) is 0 Å². The number of benzene rings is 1. The average molecular weight is 343 g/mol. The maximum absolute atomic E-state index is 12.0. The van der Waals surface area contributed by atoms with Crippen LogP contribution < -0.4 is 14.4 Å². The number of hydrogen-bond acceptors (Lipinski definition) is 5. The van der Waals surface area contributed by atoms with Crippen LogP contribution >= 0.6 is 0 Å². The van der Waals surface area contributed by atoms with Crippen molar-refractivity contribution in [3.8, 4) is 5.75 Å². The molecule has 0 fully saturated rings. The molecule has 0 saturated heterocycles. The monoisotopic (exact) mass is 343 g/mol. The Kier molecular flexibility index (Phi) is 7.31. The third kappa shape index (κ3) is 6.87. The molecule has 130 valence electrons. The largest absolute Gasteiger partial charge is 0.497 e. The first kappa shape index (κ1) is 19.2. The van der Waals surface area contributed by atoms with Gasteiger partial charge in [0, 0.05) is 6.54 Å². The van der Waals surface area contributed by atoms with Gasteiger partial charge in [-0.1, -0.05) is 0 Å². The summed E-state index contributed by atoms with van der Waals surface area (Å²) in [6.45, 7) is 1.12. The van der Waals surface area contributed by atoms with E-state index in [4.69, 9.17) is 4.74 Å². The van der Waals surface area contributed by atoms with E-state index < -0.39 is 10.0 Å². The number of anilines is 1. The molecule has 0 aliphatic heterocycles. The summed E-state index contributed by atoms with van der Waals surface area (Å²) in [5.74, 6) is 0.292. The van der Waals surface area contributed by atoms with Crippen molar-refractivity contribution in [1.82, 2.24) is 10.2 Å². The SMILES string of the molecule is COc1ccc(N(CC(=O)NCCCN(C)C)S(C)(=O)=O)cc1. The van der Waals surface area contributed by atoms with Gasteiger partial charge in [0.15, 0.2) is 0 Å². The lowest BCUT2D eigenvalue weighted by Gasteiger charge is -2.22. The number of carbonyl (C=O) groups is 1. The number of carbonyl (C=O) groups excluding carboxylic acids is 1. The van der Waals surface area contributed by atoms with Crippen molar-refractivity contribution < 1.29 is 17.9 Å². The number of nitrogens with one attached hydrogen (secondary N) is 1. The van der Waals surface area contributed by atoms with Gasteiger partial charge in [-0.3, -0.25) is 9.10 Å². The molecule has 0 radical (unpaired) electrons. The first-order valence-corrected chi connectivity index (χ1v) is 9.12. The predicted octanol–water partition coefficient (Wildman–Crippen LogP) is 0.529. The van der Waals surface area contributed by atoms with Crippen LogP contribution in [0, 0.1) is 0 Å². The highest BCUT2D eigenvalue weighted by Gasteiger charge is 2.20. The fourth-order valence-corrected chi connectivity index (χ4v) is 2.81. The third-order valence-corrected chi connectivity index (χ3v) is 4.29. The summed E-state index contributed by atoms with van der Waals surface area (Å²) in [6.07, 6.45) is 1.89. The third-order valence-electron chi connectivity index (χ3n) is 3.15. The van der Waals surface area contributed by atoms with Crippen LogP contribution in [-0.2, 0) is 14.8 Å². The minimum atomic E-state index is -3.55. The van der Waals surface area contributed by atoms with Gasteiger partial charge in [-0.2, -0.15) is 0 Å². The van der Waals surface area contributed by atoms with Crippen LogP contribution in [0.5, 0.6) is 5.75 Å². The molecule has 0 atom stereocenters. The maximum Gasteiger partial charge on any atom is 0.240 e. The quantitative estimate of drug-likeness (QED) is 0.662. The molecule has 0 spiro atoms. The second-order valence-corrected chi connectivity index (χ2v) is 7.38. The van der Waals surface area contributed by atoms with E-state index in [0.717, 1.165) is 23.5 Å². The van der Waals surface area contributed by atoms with Gasteiger partial charge in [-0.25, -0.2) is 8.42 Å². The molecule has 0 aliphatic carbocycles. The minimum absolute atomic E-state index is 0.243. The minimum Gasteiger partial charge on any atom is -0.497 e. The number of sulfonamides is 1. The standard InChI is InChI=1S/C15H25N3O4S/c1-17(2)11-5-10-16-15(19)12-18(23(4,20)21)13-6-8-14(22-3)9-7-13/h6-9H,5,10-12H2,1-4H3,(H,16,19). The molecule has 7 nitrogen and oxygen atoms in total. The summed E-state index contributed by atoms with van der Waals surface area (Å²) in [6, 6.07) is 6.53. The number of methoxy groups -OCH3 is 1. The van der Waals surface area contributed by atoms with Crippen LogP contribution in [0.25, 0.3) is 0 Å². The molecular formula is C15H25N3O4S. The lowest BCUT2D eigenvalue weighted by atomic mass is 10.3. The summed E-state index contributed by atoms with van der Waals surface area (Å²) in [5.41, 5.74) is 0.428. The Bertz CT molecular complexity index is 600. The molecular weight excluding hydrogens is 318 g/mol. The van der Waals surface area contributed by atoms with Crippen molar-refractivity contribution in [2.45, 2.75) is 6.42 Å². The van der Waals surface area contributed by atoms with Gasteiger partial charge in [0.1, 0.15) is 12.3 Å². The van der Waals surface area contributed by atoms with E-state index in [1.165, 1.54) is 7.11 Å². The van der Waals surface area contributed by atoms with E-state index in [0.29, 0.717) is 18.0 Å². The van der Waals surface area contributed by atoms with Gasteiger partial charge in [-0.05, 0) is 51.3 Å². The Hall–Kier alpha value is -1.80. The zero-order chi connectivity index (χ0) is 17.5. The van der Waals surface area contributed by atoms with E-state index in [-0.39, 0.29) is 12.5 Å². The highest BCUT2D eigenvalue weighted by Crippen LogP contribution is 2.21. The van der Waals surface area contributed by atoms with Gasteiger partial charge in [-0.15, -0.1) is 0 Å². The molecule has 0 unspecified atom stereocenters.